The summed E-state index contributed by atoms with van der Waals surface area (Å²) in [6.45, 7) is 12.5. The van der Waals surface area contributed by atoms with Gasteiger partial charge in [0.25, 0.3) is 0 Å². The van der Waals surface area contributed by atoms with Gasteiger partial charge >= 0.3 is 0 Å². The van der Waals surface area contributed by atoms with Crippen LogP contribution in [0.15, 0.2) is 43.1 Å². The van der Waals surface area contributed by atoms with Crippen molar-refractivity contribution in [2.45, 2.75) is 63.6 Å². The van der Waals surface area contributed by atoms with E-state index in [0.29, 0.717) is 17.4 Å². The van der Waals surface area contributed by atoms with Crippen LogP contribution in [0.2, 0.25) is 0 Å². The van der Waals surface area contributed by atoms with E-state index >= 15 is 0 Å². The van der Waals surface area contributed by atoms with Crippen LogP contribution < -0.4 is 21.3 Å². The highest BCUT2D eigenvalue weighted by atomic mass is 16.1. The van der Waals surface area contributed by atoms with Gasteiger partial charge in [-0.2, -0.15) is 0 Å². The third-order valence-electron chi connectivity index (χ3n) is 9.50. The topological polar surface area (TPSA) is 116 Å². The van der Waals surface area contributed by atoms with Crippen LogP contribution in [0.3, 0.4) is 0 Å². The fourth-order valence-corrected chi connectivity index (χ4v) is 6.89. The molecule has 3 fully saturated rings. The van der Waals surface area contributed by atoms with Gasteiger partial charge in [0.05, 0.1) is 5.69 Å². The molecular weight excluding hydrogens is 538 g/mol. The number of amides is 1. The smallest absolute Gasteiger partial charge is 0.243 e. The Morgan fingerprint density at radius 3 is 2.42 bits per heavy atom. The molecule has 2 aromatic heterocycles. The number of carbonyl (C=O) groups excluding carboxylic acids is 1. The lowest BCUT2D eigenvalue weighted by atomic mass is 10.0. The standard InChI is InChI=1S/C33H45N9O/c1-4-28-33(37-24-9-8-23(20-24)36-29(43)5-2)39-30-27(21-35-32(34)31(30)38-28)22-6-10-25(11-7-22)41-14-12-26(13-15-41)42-18-16-40(3)17-19-42/h5-7,10-11,21,23-24,26H,2,4,8-9,12-20H2,1,3H3,(H2,34,35)(H,36,43)(H,37,39). The molecule has 4 heterocycles. The number of hydrogen-bond acceptors (Lipinski definition) is 9. The van der Waals surface area contributed by atoms with E-state index in [1.807, 2.05) is 6.20 Å². The number of nitrogens with one attached hydrogen (secondary N) is 2. The zero-order valence-corrected chi connectivity index (χ0v) is 25.6. The summed E-state index contributed by atoms with van der Waals surface area (Å²) in [6, 6.07) is 9.81. The second-order valence-electron chi connectivity index (χ2n) is 12.3. The first-order valence-corrected chi connectivity index (χ1v) is 15.8. The summed E-state index contributed by atoms with van der Waals surface area (Å²) in [6.07, 6.45) is 8.99. The molecule has 2 atom stereocenters. The molecule has 1 saturated carbocycles. The maximum absolute atomic E-state index is 11.8. The zero-order valence-electron chi connectivity index (χ0n) is 25.6. The molecule has 1 aliphatic carbocycles. The van der Waals surface area contributed by atoms with Gasteiger partial charge in [-0.05, 0) is 69.3 Å². The quantitative estimate of drug-likeness (QED) is 0.342. The predicted octanol–water partition coefficient (Wildman–Crippen LogP) is 3.69. The Morgan fingerprint density at radius 1 is 1.00 bits per heavy atom. The fourth-order valence-electron chi connectivity index (χ4n) is 6.89. The van der Waals surface area contributed by atoms with Crippen molar-refractivity contribution in [1.29, 1.82) is 0 Å². The summed E-state index contributed by atoms with van der Waals surface area (Å²) < 4.78 is 0. The summed E-state index contributed by atoms with van der Waals surface area (Å²) in [5, 5.41) is 6.65. The Labute approximate surface area is 254 Å². The van der Waals surface area contributed by atoms with Crippen LogP contribution in [0.4, 0.5) is 17.3 Å². The second kappa shape index (κ2) is 12.9. The minimum Gasteiger partial charge on any atom is -0.382 e. The van der Waals surface area contributed by atoms with Gasteiger partial charge in [-0.25, -0.2) is 15.0 Å². The number of benzene rings is 1. The lowest BCUT2D eigenvalue weighted by molar-refractivity contribution is -0.117. The molecule has 3 aliphatic rings. The molecule has 10 heteroatoms. The number of pyridine rings is 1. The highest BCUT2D eigenvalue weighted by Gasteiger charge is 2.28. The second-order valence-corrected chi connectivity index (χ2v) is 12.3. The summed E-state index contributed by atoms with van der Waals surface area (Å²) in [7, 11) is 2.22. The summed E-state index contributed by atoms with van der Waals surface area (Å²) in [5.74, 6) is 1.04. The Balaban J connectivity index is 1.18. The van der Waals surface area contributed by atoms with Gasteiger partial charge in [-0.15, -0.1) is 0 Å². The van der Waals surface area contributed by atoms with Crippen molar-refractivity contribution in [3.05, 3.63) is 48.8 Å². The molecule has 2 unspecified atom stereocenters. The van der Waals surface area contributed by atoms with Crippen molar-refractivity contribution in [3.8, 4) is 11.1 Å². The Bertz CT molecular complexity index is 1440. The number of anilines is 3. The number of fused-ring (bicyclic) bond motifs is 1. The molecule has 1 amide bonds. The van der Waals surface area contributed by atoms with E-state index in [9.17, 15) is 4.79 Å². The van der Waals surface area contributed by atoms with Crippen molar-refractivity contribution in [2.75, 3.05) is 62.3 Å². The van der Waals surface area contributed by atoms with Crippen molar-refractivity contribution in [3.63, 3.8) is 0 Å². The third-order valence-corrected chi connectivity index (χ3v) is 9.50. The van der Waals surface area contributed by atoms with Crippen molar-refractivity contribution >= 4 is 34.3 Å². The van der Waals surface area contributed by atoms with E-state index in [1.165, 1.54) is 50.8 Å². The van der Waals surface area contributed by atoms with Gasteiger partial charge in [-0.3, -0.25) is 9.69 Å². The average Bonchev–Trinajstić information content (AvgIpc) is 3.48. The number of carbonyl (C=O) groups is 1. The SMILES string of the molecule is C=CC(=O)NC1CCC(Nc2nc3c(-c4ccc(N5CCC(N6CCN(C)CC6)CC5)cc4)cnc(N)c3nc2CC)C1. The van der Waals surface area contributed by atoms with Crippen LogP contribution in [0.1, 0.15) is 44.7 Å². The molecule has 4 N–H and O–H groups in total. The van der Waals surface area contributed by atoms with Gasteiger partial charge in [-0.1, -0.05) is 25.6 Å². The van der Waals surface area contributed by atoms with Gasteiger partial charge in [0, 0.05) is 74.8 Å². The van der Waals surface area contributed by atoms with Gasteiger partial charge in [0.1, 0.15) is 16.9 Å². The number of hydrogen-bond donors (Lipinski definition) is 3. The molecule has 43 heavy (non-hydrogen) atoms. The van der Waals surface area contributed by atoms with E-state index < -0.39 is 0 Å². The zero-order chi connectivity index (χ0) is 29.9. The number of nitrogens with two attached hydrogens (primary N) is 1. The molecule has 1 aromatic carbocycles. The summed E-state index contributed by atoms with van der Waals surface area (Å²) in [4.78, 5) is 33.9. The first-order valence-electron chi connectivity index (χ1n) is 15.8. The minimum absolute atomic E-state index is 0.126. The molecule has 2 aliphatic heterocycles. The van der Waals surface area contributed by atoms with E-state index in [0.717, 1.165) is 66.9 Å². The largest absolute Gasteiger partial charge is 0.382 e. The highest BCUT2D eigenvalue weighted by Crippen LogP contribution is 2.33. The number of rotatable bonds is 8. The monoisotopic (exact) mass is 583 g/mol. The molecule has 0 bridgehead atoms. The third kappa shape index (κ3) is 6.45. The van der Waals surface area contributed by atoms with Gasteiger partial charge in [0.2, 0.25) is 5.91 Å². The molecule has 10 nitrogen and oxygen atoms in total. The van der Waals surface area contributed by atoms with Crippen LogP contribution in [0, 0.1) is 0 Å². The molecule has 3 aromatic rings. The Kier molecular flexibility index (Phi) is 8.76. The molecule has 2 saturated heterocycles. The van der Waals surface area contributed by atoms with Crippen LogP contribution >= 0.6 is 0 Å². The maximum Gasteiger partial charge on any atom is 0.243 e. The maximum atomic E-state index is 11.8. The first kappa shape index (κ1) is 29.3. The van der Waals surface area contributed by atoms with Crippen molar-refractivity contribution in [2.24, 2.45) is 0 Å². The van der Waals surface area contributed by atoms with Crippen molar-refractivity contribution < 1.29 is 4.79 Å². The van der Waals surface area contributed by atoms with Gasteiger partial charge < -0.3 is 26.2 Å². The number of aromatic nitrogens is 3. The lowest BCUT2D eigenvalue weighted by Gasteiger charge is -2.42. The van der Waals surface area contributed by atoms with Crippen LogP contribution in [-0.2, 0) is 11.2 Å². The number of likely N-dealkylation sites (N-methyl/N-ethyl adjacent to an activating group) is 1. The average molecular weight is 584 g/mol. The number of piperidine rings is 1. The Hall–Kier alpha value is -3.76. The summed E-state index contributed by atoms with van der Waals surface area (Å²) >= 11 is 0. The van der Waals surface area contributed by atoms with E-state index in [1.54, 1.807) is 0 Å². The van der Waals surface area contributed by atoms with Gasteiger partial charge in [0.15, 0.2) is 5.82 Å². The van der Waals surface area contributed by atoms with E-state index in [2.05, 4.69) is 75.1 Å². The summed E-state index contributed by atoms with van der Waals surface area (Å²) in [5.41, 5.74) is 11.8. The number of aryl methyl sites for hydroxylation is 1. The number of piperazine rings is 1. The Morgan fingerprint density at radius 2 is 1.72 bits per heavy atom. The number of nitrogen functional groups attached to an aromatic ring is 1. The van der Waals surface area contributed by atoms with E-state index in [-0.39, 0.29) is 18.0 Å². The van der Waals surface area contributed by atoms with E-state index in [4.69, 9.17) is 15.7 Å². The highest BCUT2D eigenvalue weighted by molar-refractivity contribution is 5.97. The lowest BCUT2D eigenvalue weighted by Crippen LogP contribution is -2.52. The molecular formula is C33H45N9O. The normalized spacial score (nSPS) is 22.1. The number of nitrogens with zero attached hydrogens (tertiary/aromatic N) is 6. The van der Waals surface area contributed by atoms with Crippen LogP contribution in [0.5, 0.6) is 0 Å². The van der Waals surface area contributed by atoms with Crippen LogP contribution in [-0.4, -0.2) is 95.1 Å². The van der Waals surface area contributed by atoms with Crippen molar-refractivity contribution in [1.82, 2.24) is 30.1 Å². The molecule has 0 spiro atoms. The minimum atomic E-state index is -0.126. The molecule has 0 radical (unpaired) electrons. The predicted molar refractivity (Wildman–Crippen MR) is 174 cm³/mol. The first-order chi connectivity index (χ1) is 20.9. The fraction of sp³-hybridized carbons (Fsp3) is 0.515. The molecule has 228 valence electrons. The molecule has 6 rings (SSSR count). The van der Waals surface area contributed by atoms with Crippen LogP contribution in [0.25, 0.3) is 22.2 Å².